The molecule has 0 aromatic carbocycles. The van der Waals surface area contributed by atoms with E-state index in [1.165, 1.54) is 0 Å². The predicted octanol–water partition coefficient (Wildman–Crippen LogP) is -2.71. The fraction of sp³-hybridized carbons (Fsp3) is 0. The summed E-state index contributed by atoms with van der Waals surface area (Å²) in [6, 6.07) is 0. The quantitative estimate of drug-likeness (QED) is 0.218. The largest absolute Gasteiger partial charge is 3.00 e. The van der Waals surface area contributed by atoms with Crippen molar-refractivity contribution in [3.05, 3.63) is 0 Å². The molecule has 0 aliphatic heterocycles. The maximum atomic E-state index is 9.32. The van der Waals surface area contributed by atoms with Crippen molar-refractivity contribution in [1.82, 2.24) is 0 Å². The molecule has 0 aliphatic rings. The first-order valence-corrected chi connectivity index (χ1v) is 4.19. The number of hydrogen-bond acceptors (Lipinski definition) is 7. The Kier molecular flexibility index (Phi) is 4.99. The Hall–Kier alpha value is 0.539. The van der Waals surface area contributed by atoms with Gasteiger partial charge in [-0.3, -0.25) is 0 Å². The van der Waals surface area contributed by atoms with Crippen LogP contribution < -0.4 is 9.79 Å². The summed E-state index contributed by atoms with van der Waals surface area (Å²) in [5, 5.41) is 0. The van der Waals surface area contributed by atoms with Gasteiger partial charge in [-0.2, -0.15) is 0 Å². The summed E-state index contributed by atoms with van der Waals surface area (Å²) in [6.07, 6.45) is 0. The van der Waals surface area contributed by atoms with Gasteiger partial charge in [-0.15, -0.1) is 0 Å². The number of rotatable bonds is 2. The Morgan fingerprint density at radius 2 is 1.60 bits per heavy atom. The van der Waals surface area contributed by atoms with E-state index in [2.05, 4.69) is 3.97 Å². The topological polar surface area (TPSA) is 130 Å². The normalized spacial score (nSPS) is 12.3. The number of hydrogen-bond donors (Lipinski definition) is 0. The molecule has 0 unspecified atom stereocenters. The third-order valence-electron chi connectivity index (χ3n) is 0.183. The average Bonchev–Trinajstić information content (AvgIpc) is 1.14. The fourth-order valence-corrected chi connectivity index (χ4v) is 1.01. The first-order chi connectivity index (χ1) is 3.71. The minimum atomic E-state index is -5.69. The molecular formula is FeO7PS. The van der Waals surface area contributed by atoms with Gasteiger partial charge in [0.05, 0.1) is 7.82 Å². The molecule has 61 valence electrons. The van der Waals surface area contributed by atoms with E-state index in [1.807, 2.05) is 0 Å². The van der Waals surface area contributed by atoms with Crippen LogP contribution >= 0.6 is 7.82 Å². The van der Waals surface area contributed by atoms with Crippen molar-refractivity contribution in [3.63, 3.8) is 0 Å². The molecule has 0 fully saturated rings. The van der Waals surface area contributed by atoms with Crippen LogP contribution in [-0.4, -0.2) is 13.0 Å². The second-order valence-electron chi connectivity index (χ2n) is 0.930. The van der Waals surface area contributed by atoms with Crippen LogP contribution in [0.15, 0.2) is 0 Å². The van der Waals surface area contributed by atoms with Gasteiger partial charge >= 0.3 is 17.1 Å². The molecule has 0 heterocycles. The zero-order valence-corrected chi connectivity index (χ0v) is 6.88. The summed E-state index contributed by atoms with van der Waals surface area (Å²) < 4.78 is 39.7. The molecule has 0 aromatic heterocycles. The maximum Gasteiger partial charge on any atom is 3.00 e. The van der Waals surface area contributed by atoms with Crippen molar-refractivity contribution >= 4 is 18.2 Å². The van der Waals surface area contributed by atoms with Crippen molar-refractivity contribution in [1.29, 1.82) is 0 Å². The summed E-state index contributed by atoms with van der Waals surface area (Å²) in [5.74, 6) is 0. The first kappa shape index (κ1) is 13.2. The zero-order valence-electron chi connectivity index (χ0n) is 4.07. The Balaban J connectivity index is 0. The van der Waals surface area contributed by atoms with Crippen LogP contribution in [0.2, 0.25) is 0 Å². The molecule has 0 saturated carbocycles. The van der Waals surface area contributed by atoms with Crippen LogP contribution in [0.25, 0.3) is 0 Å². The number of phosphoric acid groups is 1. The summed E-state index contributed by atoms with van der Waals surface area (Å²) in [7, 11) is -11.1. The maximum absolute atomic E-state index is 9.32. The van der Waals surface area contributed by atoms with Crippen molar-refractivity contribution in [2.75, 3.05) is 0 Å². The van der Waals surface area contributed by atoms with Crippen molar-refractivity contribution in [2.45, 2.75) is 0 Å². The van der Waals surface area contributed by atoms with Crippen molar-refractivity contribution in [3.8, 4) is 0 Å². The Labute approximate surface area is 67.1 Å². The summed E-state index contributed by atoms with van der Waals surface area (Å²) >= 11 is 0. The minimum Gasteiger partial charge on any atom is -0.789 e. The van der Waals surface area contributed by atoms with Crippen molar-refractivity contribution < 1.29 is 48.4 Å². The summed E-state index contributed by atoms with van der Waals surface area (Å²) in [6.45, 7) is 0. The van der Waals surface area contributed by atoms with E-state index in [0.717, 1.165) is 0 Å². The molecule has 0 N–H and O–H groups in total. The SMILES string of the molecule is O=P([O-])([O-])OS(=O)(=O)[O-].[Fe+3]. The van der Waals surface area contributed by atoms with E-state index in [1.54, 1.807) is 0 Å². The van der Waals surface area contributed by atoms with Crippen LogP contribution in [0.4, 0.5) is 0 Å². The smallest absolute Gasteiger partial charge is 0.789 e. The van der Waals surface area contributed by atoms with Gasteiger partial charge in [-0.05, 0) is 0 Å². The molecule has 7 nitrogen and oxygen atoms in total. The molecule has 1 radical (unpaired) electrons. The van der Waals surface area contributed by atoms with E-state index in [4.69, 9.17) is 0 Å². The van der Waals surface area contributed by atoms with E-state index in [9.17, 15) is 27.3 Å². The monoisotopic (exact) mass is 231 g/mol. The average molecular weight is 231 g/mol. The Morgan fingerprint density at radius 1 is 1.30 bits per heavy atom. The molecule has 0 aliphatic carbocycles. The van der Waals surface area contributed by atoms with Gasteiger partial charge in [0.25, 0.3) is 0 Å². The van der Waals surface area contributed by atoms with Gasteiger partial charge in [0, 0.05) is 0 Å². The molecular weight excluding hydrogens is 231 g/mol. The molecule has 10 heavy (non-hydrogen) atoms. The van der Waals surface area contributed by atoms with E-state index >= 15 is 0 Å². The third kappa shape index (κ3) is 11.4. The van der Waals surface area contributed by atoms with Gasteiger partial charge in [0.1, 0.15) is 0 Å². The molecule has 0 atom stereocenters. The van der Waals surface area contributed by atoms with Crippen LogP contribution in [-0.2, 0) is 36.0 Å². The van der Waals surface area contributed by atoms with Gasteiger partial charge in [-0.25, -0.2) is 12.4 Å². The first-order valence-electron chi connectivity index (χ1n) is 1.40. The van der Waals surface area contributed by atoms with E-state index < -0.39 is 18.2 Å². The van der Waals surface area contributed by atoms with Gasteiger partial charge < -0.3 is 18.9 Å². The van der Waals surface area contributed by atoms with Gasteiger partial charge in [-0.1, -0.05) is 0 Å². The van der Waals surface area contributed by atoms with Crippen LogP contribution in [0, 0.1) is 0 Å². The molecule has 0 aromatic rings. The molecule has 0 bridgehead atoms. The molecule has 0 amide bonds. The zero-order chi connectivity index (χ0) is 7.71. The van der Waals surface area contributed by atoms with Crippen LogP contribution in [0.1, 0.15) is 0 Å². The Morgan fingerprint density at radius 3 is 1.60 bits per heavy atom. The summed E-state index contributed by atoms with van der Waals surface area (Å²) in [4.78, 5) is 18.6. The summed E-state index contributed by atoms with van der Waals surface area (Å²) in [5.41, 5.74) is 0. The van der Waals surface area contributed by atoms with E-state index in [0.29, 0.717) is 0 Å². The second kappa shape index (κ2) is 3.79. The van der Waals surface area contributed by atoms with Crippen molar-refractivity contribution in [2.24, 2.45) is 0 Å². The Bertz CT molecular complexity index is 220. The third-order valence-corrected chi connectivity index (χ3v) is 1.64. The second-order valence-corrected chi connectivity index (χ2v) is 3.24. The van der Waals surface area contributed by atoms with Gasteiger partial charge in [0.2, 0.25) is 10.4 Å². The van der Waals surface area contributed by atoms with Crippen LogP contribution in [0.3, 0.4) is 0 Å². The van der Waals surface area contributed by atoms with Crippen LogP contribution in [0.5, 0.6) is 0 Å². The standard InChI is InChI=1S/Fe.H3O7PS/c;1-8(2,3)7-9(4,5)6/h;(H2,1,2,3)(H,4,5,6)/q+3;/p-3. The predicted molar refractivity (Wildman–Crippen MR) is 18.4 cm³/mol. The van der Waals surface area contributed by atoms with Gasteiger partial charge in [0.15, 0.2) is 0 Å². The molecule has 0 spiro atoms. The van der Waals surface area contributed by atoms with E-state index in [-0.39, 0.29) is 17.1 Å². The fourth-order valence-electron chi connectivity index (χ4n) is 0.112. The molecule has 0 rings (SSSR count). The molecule has 0 saturated heterocycles. The minimum absolute atomic E-state index is 0. The molecule has 10 heteroatoms.